The lowest BCUT2D eigenvalue weighted by atomic mass is 9.86. The molecule has 1 unspecified atom stereocenters. The second-order valence-electron chi connectivity index (χ2n) is 6.93. The molecule has 7 heteroatoms. The molecule has 3 aromatic rings. The molecule has 6 nitrogen and oxygen atoms in total. The molecule has 144 valence electrons. The first-order valence-electron chi connectivity index (χ1n) is 9.01. The molecule has 0 spiro atoms. The minimum atomic E-state index is -0.282. The van der Waals surface area contributed by atoms with Crippen LogP contribution in [0.1, 0.15) is 52.7 Å². The van der Waals surface area contributed by atoms with Crippen molar-refractivity contribution in [1.82, 2.24) is 0 Å². The van der Waals surface area contributed by atoms with Crippen molar-refractivity contribution in [2.24, 2.45) is 0 Å². The van der Waals surface area contributed by atoms with Crippen molar-refractivity contribution in [2.75, 3.05) is 11.1 Å². The van der Waals surface area contributed by atoms with Gasteiger partial charge in [-0.25, -0.2) is 0 Å². The number of fused-ring (bicyclic) bond motifs is 1. The number of carbonyl (C=O) groups is 2. The zero-order valence-corrected chi connectivity index (χ0v) is 16.3. The van der Waals surface area contributed by atoms with Crippen LogP contribution in [0, 0.1) is 0 Å². The zero-order chi connectivity index (χ0) is 19.8. The van der Waals surface area contributed by atoms with E-state index in [1.54, 1.807) is 12.1 Å². The van der Waals surface area contributed by atoms with E-state index in [1.165, 1.54) is 17.6 Å². The summed E-state index contributed by atoms with van der Waals surface area (Å²) in [7, 11) is 0. The number of amides is 1. The highest BCUT2D eigenvalue weighted by atomic mass is 32.1. The Balaban J connectivity index is 1.72. The Labute approximate surface area is 166 Å². The summed E-state index contributed by atoms with van der Waals surface area (Å²) < 4.78 is 10.9. The number of carbonyl (C=O) groups excluding carboxylic acids is 2. The summed E-state index contributed by atoms with van der Waals surface area (Å²) in [6, 6.07) is 10.9. The molecule has 0 radical (unpaired) electrons. The number of hydrogen-bond acceptors (Lipinski definition) is 6. The number of rotatable bonds is 5. The number of nitrogens with two attached hydrogens (primary N) is 1. The molecule has 28 heavy (non-hydrogen) atoms. The molecule has 3 heterocycles. The highest BCUT2D eigenvalue weighted by Crippen LogP contribution is 2.47. The lowest BCUT2D eigenvalue weighted by molar-refractivity contribution is -0.116. The van der Waals surface area contributed by atoms with Gasteiger partial charge in [0.05, 0.1) is 18.1 Å². The van der Waals surface area contributed by atoms with Crippen molar-refractivity contribution in [3.63, 3.8) is 0 Å². The molecule has 0 saturated carbocycles. The maximum absolute atomic E-state index is 12.7. The maximum atomic E-state index is 12.7. The predicted octanol–water partition coefficient (Wildman–Crippen LogP) is 4.42. The lowest BCUT2D eigenvalue weighted by Gasteiger charge is -2.24. The minimum absolute atomic E-state index is 0.0839. The fraction of sp³-hybridized carbons (Fsp3) is 0.238. The van der Waals surface area contributed by atoms with Gasteiger partial charge >= 0.3 is 0 Å². The van der Waals surface area contributed by atoms with Crippen LogP contribution in [0.15, 0.2) is 47.1 Å². The van der Waals surface area contributed by atoms with Crippen LogP contribution in [0.3, 0.4) is 0 Å². The predicted molar refractivity (Wildman–Crippen MR) is 108 cm³/mol. The minimum Gasteiger partial charge on any atom is -0.491 e. The molecule has 1 aliphatic heterocycles. The molecule has 0 fully saturated rings. The van der Waals surface area contributed by atoms with E-state index in [2.05, 4.69) is 5.32 Å². The second-order valence-corrected chi connectivity index (χ2v) is 7.96. The topological polar surface area (TPSA) is 94.6 Å². The van der Waals surface area contributed by atoms with E-state index in [-0.39, 0.29) is 35.9 Å². The molecule has 1 aromatic carbocycles. The number of nitrogen functional groups attached to an aromatic ring is 1. The molecule has 2 aromatic heterocycles. The summed E-state index contributed by atoms with van der Waals surface area (Å²) in [6.07, 6.45) is 1.80. The van der Waals surface area contributed by atoms with E-state index in [1.807, 2.05) is 38.1 Å². The van der Waals surface area contributed by atoms with Crippen LogP contribution in [-0.4, -0.2) is 17.8 Å². The third-order valence-electron chi connectivity index (χ3n) is 4.58. The number of thiophene rings is 1. The van der Waals surface area contributed by atoms with Gasteiger partial charge in [-0.05, 0) is 43.7 Å². The molecular formula is C21H20N2O4S. The molecule has 0 saturated heterocycles. The average Bonchev–Trinajstić information content (AvgIpc) is 3.29. The van der Waals surface area contributed by atoms with E-state index in [4.69, 9.17) is 14.9 Å². The molecule has 3 N–H and O–H groups in total. The van der Waals surface area contributed by atoms with Gasteiger partial charge in [-0.2, -0.15) is 0 Å². The van der Waals surface area contributed by atoms with Crippen molar-refractivity contribution in [2.45, 2.75) is 32.3 Å². The normalized spacial score (nSPS) is 16.0. The number of benzene rings is 1. The van der Waals surface area contributed by atoms with E-state index in [0.717, 1.165) is 16.9 Å². The van der Waals surface area contributed by atoms with Gasteiger partial charge in [0.25, 0.3) is 0 Å². The number of furan rings is 1. The number of ether oxygens (including phenoxy) is 1. The number of ketones is 1. The summed E-state index contributed by atoms with van der Waals surface area (Å²) in [5.74, 6) is 0.398. The van der Waals surface area contributed by atoms with Crippen molar-refractivity contribution < 1.29 is 18.7 Å². The third-order valence-corrected chi connectivity index (χ3v) is 5.72. The largest absolute Gasteiger partial charge is 0.491 e. The van der Waals surface area contributed by atoms with Crippen molar-refractivity contribution in [1.29, 1.82) is 0 Å². The van der Waals surface area contributed by atoms with E-state index in [9.17, 15) is 9.59 Å². The van der Waals surface area contributed by atoms with Crippen LogP contribution in [0.5, 0.6) is 5.75 Å². The first-order chi connectivity index (χ1) is 13.4. The SMILES string of the molecule is CC(C)Oc1ccc(C2CC(=O)Nc3sc(C(=O)c4ccco4)c(N)c32)cc1. The van der Waals surface area contributed by atoms with Crippen LogP contribution < -0.4 is 15.8 Å². The Bertz CT molecular complexity index is 1020. The quantitative estimate of drug-likeness (QED) is 0.623. The van der Waals surface area contributed by atoms with Gasteiger partial charge in [0.1, 0.15) is 15.6 Å². The van der Waals surface area contributed by atoms with Gasteiger partial charge in [0.2, 0.25) is 11.7 Å². The van der Waals surface area contributed by atoms with Gasteiger partial charge in [0.15, 0.2) is 5.76 Å². The van der Waals surface area contributed by atoms with E-state index < -0.39 is 0 Å². The van der Waals surface area contributed by atoms with E-state index >= 15 is 0 Å². The van der Waals surface area contributed by atoms with Crippen LogP contribution in [0.2, 0.25) is 0 Å². The Hall–Kier alpha value is -3.06. The van der Waals surface area contributed by atoms with Crippen LogP contribution in [0.4, 0.5) is 10.7 Å². The van der Waals surface area contributed by atoms with Crippen molar-refractivity contribution in [3.8, 4) is 5.75 Å². The fourth-order valence-corrected chi connectivity index (χ4v) is 4.53. The highest BCUT2D eigenvalue weighted by molar-refractivity contribution is 7.19. The maximum Gasteiger partial charge on any atom is 0.240 e. The number of nitrogens with one attached hydrogen (secondary N) is 1. The Morgan fingerprint density at radius 3 is 2.68 bits per heavy atom. The molecule has 1 atom stereocenters. The molecule has 4 rings (SSSR count). The van der Waals surface area contributed by atoms with Gasteiger partial charge in [0, 0.05) is 17.9 Å². The monoisotopic (exact) mass is 396 g/mol. The molecular weight excluding hydrogens is 376 g/mol. The van der Waals surface area contributed by atoms with E-state index in [0.29, 0.717) is 15.6 Å². The van der Waals surface area contributed by atoms with Crippen molar-refractivity contribution in [3.05, 3.63) is 64.4 Å². The third kappa shape index (κ3) is 3.29. The molecule has 0 aliphatic carbocycles. The Morgan fingerprint density at radius 1 is 1.29 bits per heavy atom. The lowest BCUT2D eigenvalue weighted by Crippen LogP contribution is -2.22. The summed E-state index contributed by atoms with van der Waals surface area (Å²) >= 11 is 1.19. The first kappa shape index (κ1) is 18.3. The van der Waals surface area contributed by atoms with Gasteiger partial charge in [-0.3, -0.25) is 9.59 Å². The standard InChI is InChI=1S/C21H20N2O4S/c1-11(2)27-13-7-5-12(6-8-13)14-10-16(24)23-21-17(14)18(22)20(28-21)19(25)15-4-3-9-26-15/h3-9,11,14H,10,22H2,1-2H3,(H,23,24). The zero-order valence-electron chi connectivity index (χ0n) is 15.5. The van der Waals surface area contributed by atoms with Crippen LogP contribution >= 0.6 is 11.3 Å². The summed E-state index contributed by atoms with van der Waals surface area (Å²) in [5, 5.41) is 3.47. The van der Waals surface area contributed by atoms with Gasteiger partial charge in [-0.1, -0.05) is 12.1 Å². The summed E-state index contributed by atoms with van der Waals surface area (Å²) in [6.45, 7) is 3.94. The molecule has 0 bridgehead atoms. The number of anilines is 2. The Morgan fingerprint density at radius 2 is 2.04 bits per heavy atom. The van der Waals surface area contributed by atoms with Gasteiger partial charge in [-0.15, -0.1) is 11.3 Å². The summed E-state index contributed by atoms with van der Waals surface area (Å²) in [4.78, 5) is 25.4. The molecule has 1 aliphatic rings. The Kier molecular flexibility index (Phi) is 4.68. The highest BCUT2D eigenvalue weighted by Gasteiger charge is 2.34. The van der Waals surface area contributed by atoms with Crippen LogP contribution in [-0.2, 0) is 4.79 Å². The smallest absolute Gasteiger partial charge is 0.240 e. The second kappa shape index (κ2) is 7.16. The van der Waals surface area contributed by atoms with Crippen molar-refractivity contribution >= 4 is 33.7 Å². The molecule has 1 amide bonds. The first-order valence-corrected chi connectivity index (χ1v) is 9.82. The average molecular weight is 396 g/mol. The van der Waals surface area contributed by atoms with Crippen LogP contribution in [0.25, 0.3) is 0 Å². The number of hydrogen-bond donors (Lipinski definition) is 2. The fourth-order valence-electron chi connectivity index (χ4n) is 3.38. The van der Waals surface area contributed by atoms with Gasteiger partial charge < -0.3 is 20.2 Å². The summed E-state index contributed by atoms with van der Waals surface area (Å²) in [5.41, 5.74) is 8.51.